The molecular weight excluding hydrogens is 324 g/mol. The number of hydrogen-bond acceptors (Lipinski definition) is 7. The minimum atomic E-state index is -0.334. The number of carbonyl (C=O) groups excluding carboxylic acids is 1. The van der Waals surface area contributed by atoms with E-state index in [1.807, 2.05) is 0 Å². The summed E-state index contributed by atoms with van der Waals surface area (Å²) in [6.45, 7) is 0.0945. The molecular formula is C17H16N4O4. The van der Waals surface area contributed by atoms with Crippen molar-refractivity contribution in [1.82, 2.24) is 20.4 Å². The van der Waals surface area contributed by atoms with Gasteiger partial charge in [-0.15, -0.1) is 0 Å². The highest BCUT2D eigenvalue weighted by Crippen LogP contribution is 2.24. The zero-order valence-electron chi connectivity index (χ0n) is 13.7. The maximum Gasteiger partial charge on any atom is 0.255 e. The minimum absolute atomic E-state index is 0.0945. The number of hydrogen-bond donors (Lipinski definition) is 1. The smallest absolute Gasteiger partial charge is 0.255 e. The first-order valence-corrected chi connectivity index (χ1v) is 7.44. The van der Waals surface area contributed by atoms with Gasteiger partial charge in [-0.05, 0) is 30.3 Å². The van der Waals surface area contributed by atoms with E-state index in [2.05, 4.69) is 20.4 Å². The van der Waals surface area contributed by atoms with Crippen LogP contribution in [0.2, 0.25) is 0 Å². The van der Waals surface area contributed by atoms with E-state index in [4.69, 9.17) is 14.0 Å². The number of ether oxygens (including phenoxy) is 2. The van der Waals surface area contributed by atoms with Gasteiger partial charge in [0.2, 0.25) is 11.7 Å². The highest BCUT2D eigenvalue weighted by Gasteiger charge is 2.15. The number of pyridine rings is 1. The molecule has 0 radical (unpaired) electrons. The van der Waals surface area contributed by atoms with Gasteiger partial charge in [0.15, 0.2) is 0 Å². The Morgan fingerprint density at radius 1 is 1.16 bits per heavy atom. The fraction of sp³-hybridized carbons (Fsp3) is 0.176. The van der Waals surface area contributed by atoms with E-state index in [0.717, 1.165) is 5.56 Å². The van der Waals surface area contributed by atoms with Crippen LogP contribution in [0.3, 0.4) is 0 Å². The van der Waals surface area contributed by atoms with Crippen molar-refractivity contribution >= 4 is 5.91 Å². The lowest BCUT2D eigenvalue weighted by molar-refractivity contribution is 0.0943. The van der Waals surface area contributed by atoms with Gasteiger partial charge in [-0.2, -0.15) is 4.98 Å². The number of rotatable bonds is 6. The Balaban J connectivity index is 1.70. The fourth-order valence-electron chi connectivity index (χ4n) is 2.19. The Morgan fingerprint density at radius 2 is 1.96 bits per heavy atom. The Morgan fingerprint density at radius 3 is 2.68 bits per heavy atom. The van der Waals surface area contributed by atoms with E-state index >= 15 is 0 Å². The van der Waals surface area contributed by atoms with Crippen molar-refractivity contribution in [1.29, 1.82) is 0 Å². The summed E-state index contributed by atoms with van der Waals surface area (Å²) in [5, 5.41) is 6.61. The summed E-state index contributed by atoms with van der Waals surface area (Å²) in [6.07, 6.45) is 3.28. The van der Waals surface area contributed by atoms with Crippen molar-refractivity contribution in [3.8, 4) is 22.9 Å². The molecule has 0 unspecified atom stereocenters. The van der Waals surface area contributed by atoms with Gasteiger partial charge >= 0.3 is 0 Å². The Hall–Kier alpha value is -3.42. The monoisotopic (exact) mass is 340 g/mol. The molecule has 0 saturated carbocycles. The van der Waals surface area contributed by atoms with Gasteiger partial charge < -0.3 is 19.3 Å². The largest absolute Gasteiger partial charge is 0.497 e. The zero-order valence-corrected chi connectivity index (χ0v) is 13.7. The minimum Gasteiger partial charge on any atom is -0.497 e. The number of aromatic nitrogens is 3. The van der Waals surface area contributed by atoms with Gasteiger partial charge in [-0.3, -0.25) is 9.78 Å². The fourth-order valence-corrected chi connectivity index (χ4v) is 2.19. The number of benzene rings is 1. The molecule has 0 spiro atoms. The van der Waals surface area contributed by atoms with Crippen LogP contribution in [0.25, 0.3) is 11.4 Å². The summed E-state index contributed by atoms with van der Waals surface area (Å²) in [4.78, 5) is 20.6. The van der Waals surface area contributed by atoms with Crippen molar-refractivity contribution < 1.29 is 18.8 Å². The predicted octanol–water partition coefficient (Wildman–Crippen LogP) is 2.08. The number of carbonyl (C=O) groups is 1. The van der Waals surface area contributed by atoms with Gasteiger partial charge in [-0.25, -0.2) is 0 Å². The van der Waals surface area contributed by atoms with E-state index in [9.17, 15) is 4.79 Å². The van der Waals surface area contributed by atoms with Gasteiger partial charge in [0.05, 0.1) is 26.3 Å². The second-order valence-corrected chi connectivity index (χ2v) is 5.00. The number of amides is 1. The van der Waals surface area contributed by atoms with Crippen molar-refractivity contribution in [3.05, 3.63) is 54.2 Å². The molecule has 0 bridgehead atoms. The Kier molecular flexibility index (Phi) is 4.89. The molecule has 128 valence electrons. The second-order valence-electron chi connectivity index (χ2n) is 5.00. The first-order chi connectivity index (χ1) is 12.2. The van der Waals surface area contributed by atoms with Crippen LogP contribution >= 0.6 is 0 Å². The second kappa shape index (κ2) is 7.43. The SMILES string of the molecule is COc1ccc(OC)c(C(=O)NCc2nc(-c3ccncc3)no2)c1. The maximum absolute atomic E-state index is 12.4. The summed E-state index contributed by atoms with van der Waals surface area (Å²) < 4.78 is 15.5. The standard InChI is InChI=1S/C17H16N4O4/c1-23-12-3-4-14(24-2)13(9-12)17(22)19-10-15-20-16(21-25-15)11-5-7-18-8-6-11/h3-9H,10H2,1-2H3,(H,19,22). The first kappa shape index (κ1) is 16.4. The average Bonchev–Trinajstić information content (AvgIpc) is 3.15. The Bertz CT molecular complexity index is 864. The molecule has 0 fully saturated rings. The number of nitrogens with zero attached hydrogens (tertiary/aromatic N) is 3. The van der Waals surface area contributed by atoms with Crippen molar-refractivity contribution in [3.63, 3.8) is 0 Å². The van der Waals surface area contributed by atoms with Crippen LogP contribution in [-0.2, 0) is 6.54 Å². The molecule has 2 aromatic heterocycles. The molecule has 2 heterocycles. The molecule has 0 saturated heterocycles. The maximum atomic E-state index is 12.4. The lowest BCUT2D eigenvalue weighted by Crippen LogP contribution is -2.23. The van der Waals surface area contributed by atoms with Gasteiger partial charge in [0.25, 0.3) is 5.91 Å². The van der Waals surface area contributed by atoms with E-state index in [1.54, 1.807) is 42.7 Å². The predicted molar refractivity (Wildman–Crippen MR) is 88.2 cm³/mol. The quantitative estimate of drug-likeness (QED) is 0.733. The molecule has 3 rings (SSSR count). The molecule has 1 aromatic carbocycles. The molecule has 8 nitrogen and oxygen atoms in total. The highest BCUT2D eigenvalue weighted by molar-refractivity contribution is 5.97. The molecule has 0 aliphatic carbocycles. The van der Waals surface area contributed by atoms with Gasteiger partial charge in [0.1, 0.15) is 11.5 Å². The third kappa shape index (κ3) is 3.74. The molecule has 1 amide bonds. The van der Waals surface area contributed by atoms with E-state index in [-0.39, 0.29) is 12.5 Å². The first-order valence-electron chi connectivity index (χ1n) is 7.44. The van der Waals surface area contributed by atoms with Gasteiger partial charge in [-0.1, -0.05) is 5.16 Å². The molecule has 1 N–H and O–H groups in total. The lowest BCUT2D eigenvalue weighted by atomic mass is 10.1. The van der Waals surface area contributed by atoms with Crippen LogP contribution in [0, 0.1) is 0 Å². The zero-order chi connectivity index (χ0) is 17.6. The van der Waals surface area contributed by atoms with E-state index in [1.165, 1.54) is 14.2 Å². The Labute approximate surface area is 143 Å². The average molecular weight is 340 g/mol. The van der Waals surface area contributed by atoms with Crippen LogP contribution in [0.4, 0.5) is 0 Å². The normalized spacial score (nSPS) is 10.3. The molecule has 3 aromatic rings. The summed E-state index contributed by atoms with van der Waals surface area (Å²) in [6, 6.07) is 8.53. The topological polar surface area (TPSA) is 99.4 Å². The number of methoxy groups -OCH3 is 2. The molecule has 0 aliphatic rings. The summed E-state index contributed by atoms with van der Waals surface area (Å²) >= 11 is 0. The molecule has 0 atom stereocenters. The van der Waals surface area contributed by atoms with Crippen molar-refractivity contribution in [2.75, 3.05) is 14.2 Å². The van der Waals surface area contributed by atoms with E-state index < -0.39 is 0 Å². The third-order valence-electron chi connectivity index (χ3n) is 3.46. The van der Waals surface area contributed by atoms with Crippen LogP contribution in [0.15, 0.2) is 47.2 Å². The highest BCUT2D eigenvalue weighted by atomic mass is 16.5. The van der Waals surface area contributed by atoms with Gasteiger partial charge in [0, 0.05) is 18.0 Å². The lowest BCUT2D eigenvalue weighted by Gasteiger charge is -2.09. The van der Waals surface area contributed by atoms with Crippen LogP contribution < -0.4 is 14.8 Å². The molecule has 0 aliphatic heterocycles. The molecule has 8 heteroatoms. The van der Waals surface area contributed by atoms with Crippen LogP contribution in [0.1, 0.15) is 16.2 Å². The van der Waals surface area contributed by atoms with Crippen molar-refractivity contribution in [2.45, 2.75) is 6.54 Å². The molecule has 25 heavy (non-hydrogen) atoms. The van der Waals surface area contributed by atoms with Crippen LogP contribution in [-0.4, -0.2) is 35.3 Å². The summed E-state index contributed by atoms with van der Waals surface area (Å²) in [7, 11) is 3.03. The summed E-state index contributed by atoms with van der Waals surface area (Å²) in [5.74, 6) is 1.40. The third-order valence-corrected chi connectivity index (χ3v) is 3.46. The summed E-state index contributed by atoms with van der Waals surface area (Å²) in [5.41, 5.74) is 1.14. The van der Waals surface area contributed by atoms with Crippen molar-refractivity contribution in [2.24, 2.45) is 0 Å². The van der Waals surface area contributed by atoms with Crippen LogP contribution in [0.5, 0.6) is 11.5 Å². The van der Waals surface area contributed by atoms with E-state index in [0.29, 0.717) is 28.8 Å². The number of nitrogens with one attached hydrogen (secondary N) is 1.